The van der Waals surface area contributed by atoms with Gasteiger partial charge in [-0.3, -0.25) is 9.59 Å². The van der Waals surface area contributed by atoms with Crippen molar-refractivity contribution in [2.75, 3.05) is 0 Å². The maximum atomic E-state index is 13.1. The molecule has 0 aliphatic rings. The van der Waals surface area contributed by atoms with Crippen molar-refractivity contribution in [1.82, 2.24) is 10.6 Å². The summed E-state index contributed by atoms with van der Waals surface area (Å²) in [6.07, 6.45) is 0.421. The summed E-state index contributed by atoms with van der Waals surface area (Å²) in [5.74, 6) is 0.0190. The van der Waals surface area contributed by atoms with Gasteiger partial charge in [-0.25, -0.2) is 0 Å². The van der Waals surface area contributed by atoms with Crippen molar-refractivity contribution in [3.8, 4) is 11.1 Å². The largest absolute Gasteiger partial charge is 0.352 e. The smallest absolute Gasteiger partial charge is 0.252 e. The van der Waals surface area contributed by atoms with Gasteiger partial charge in [0, 0.05) is 25.1 Å². The number of hydrogen-bond donors (Lipinski definition) is 2. The van der Waals surface area contributed by atoms with E-state index in [1.54, 1.807) is 0 Å². The van der Waals surface area contributed by atoms with Gasteiger partial charge >= 0.3 is 0 Å². The molecule has 2 N–H and O–H groups in total. The van der Waals surface area contributed by atoms with E-state index in [0.29, 0.717) is 25.1 Å². The monoisotopic (exact) mass is 462 g/mol. The molecule has 0 fully saturated rings. The molecule has 4 heteroatoms. The second-order valence-corrected chi connectivity index (χ2v) is 8.66. The lowest BCUT2D eigenvalue weighted by Gasteiger charge is -2.16. The lowest BCUT2D eigenvalue weighted by atomic mass is 9.94. The molecule has 35 heavy (non-hydrogen) atoms. The summed E-state index contributed by atoms with van der Waals surface area (Å²) in [6.45, 7) is 2.93. The molecule has 4 rings (SSSR count). The minimum atomic E-state index is -0.125. The van der Waals surface area contributed by atoms with E-state index in [1.165, 1.54) is 0 Å². The molecule has 0 heterocycles. The lowest BCUT2D eigenvalue weighted by molar-refractivity contribution is -0.121. The maximum absolute atomic E-state index is 13.1. The fourth-order valence-electron chi connectivity index (χ4n) is 4.17. The Balaban J connectivity index is 1.46. The van der Waals surface area contributed by atoms with Crippen molar-refractivity contribution in [2.24, 2.45) is 0 Å². The van der Waals surface area contributed by atoms with Crippen molar-refractivity contribution >= 4 is 11.8 Å². The van der Waals surface area contributed by atoms with Crippen LogP contribution in [-0.4, -0.2) is 11.8 Å². The van der Waals surface area contributed by atoms with Crippen LogP contribution < -0.4 is 10.6 Å². The van der Waals surface area contributed by atoms with Crippen molar-refractivity contribution in [3.05, 3.63) is 131 Å². The van der Waals surface area contributed by atoms with Crippen molar-refractivity contribution < 1.29 is 9.59 Å². The molecular weight excluding hydrogens is 432 g/mol. The summed E-state index contributed by atoms with van der Waals surface area (Å²) in [7, 11) is 0. The molecule has 0 bridgehead atoms. The number of carbonyl (C=O) groups is 2. The molecule has 4 aromatic rings. The van der Waals surface area contributed by atoms with Gasteiger partial charge in [0.2, 0.25) is 5.91 Å². The summed E-state index contributed by atoms with van der Waals surface area (Å²) >= 11 is 0. The molecule has 0 spiro atoms. The van der Waals surface area contributed by atoms with Crippen LogP contribution in [0.25, 0.3) is 11.1 Å². The van der Waals surface area contributed by atoms with E-state index in [2.05, 4.69) is 17.6 Å². The van der Waals surface area contributed by atoms with Gasteiger partial charge < -0.3 is 10.6 Å². The predicted octanol–water partition coefficient (Wildman–Crippen LogP) is 6.09. The van der Waals surface area contributed by atoms with Crippen LogP contribution in [-0.2, 0) is 17.9 Å². The van der Waals surface area contributed by atoms with Crippen LogP contribution in [0.5, 0.6) is 0 Å². The van der Waals surface area contributed by atoms with Crippen LogP contribution in [0, 0.1) is 0 Å². The van der Waals surface area contributed by atoms with E-state index in [0.717, 1.165) is 27.8 Å². The van der Waals surface area contributed by atoms with E-state index in [9.17, 15) is 9.59 Å². The Kier molecular flexibility index (Phi) is 8.08. The van der Waals surface area contributed by atoms with Crippen LogP contribution in [0.2, 0.25) is 0 Å². The summed E-state index contributed by atoms with van der Waals surface area (Å²) in [5.41, 5.74) is 5.57. The number of nitrogens with one attached hydrogen (secondary N) is 2. The van der Waals surface area contributed by atoms with Gasteiger partial charge in [-0.2, -0.15) is 0 Å². The highest BCUT2D eigenvalue weighted by molar-refractivity contribution is 6.01. The standard InChI is InChI=1S/C31H30N2O2/c1-23(25-14-6-3-7-15-25)20-30(34)32-22-26-16-8-9-17-27(26)28-18-10-11-19-29(28)31(35)33-21-24-12-4-2-5-13-24/h2-19,23H,20-22H2,1H3,(H,32,34)(H,33,35)/t23-/m1/s1. The third kappa shape index (κ3) is 6.45. The Morgan fingerprint density at radius 2 is 1.26 bits per heavy atom. The zero-order valence-corrected chi connectivity index (χ0v) is 19.9. The third-order valence-electron chi connectivity index (χ3n) is 6.11. The quantitative estimate of drug-likeness (QED) is 0.316. The van der Waals surface area contributed by atoms with Crippen molar-refractivity contribution in [1.29, 1.82) is 0 Å². The molecule has 0 radical (unpaired) electrons. The molecular formula is C31H30N2O2. The van der Waals surface area contributed by atoms with Gasteiger partial charge in [-0.15, -0.1) is 0 Å². The SMILES string of the molecule is C[C@H](CC(=O)NCc1ccccc1-c1ccccc1C(=O)NCc1ccccc1)c1ccccc1. The second kappa shape index (κ2) is 11.8. The predicted molar refractivity (Wildman–Crippen MR) is 141 cm³/mol. The Bertz CT molecular complexity index is 1270. The molecule has 2 amide bonds. The highest BCUT2D eigenvalue weighted by Crippen LogP contribution is 2.27. The minimum Gasteiger partial charge on any atom is -0.352 e. The van der Waals surface area contributed by atoms with Gasteiger partial charge in [0.1, 0.15) is 0 Å². The molecule has 4 nitrogen and oxygen atoms in total. The summed E-state index contributed by atoms with van der Waals surface area (Å²) in [6, 6.07) is 35.4. The van der Waals surface area contributed by atoms with E-state index in [-0.39, 0.29) is 17.7 Å². The molecule has 4 aromatic carbocycles. The fourth-order valence-corrected chi connectivity index (χ4v) is 4.17. The number of hydrogen-bond acceptors (Lipinski definition) is 2. The van der Waals surface area contributed by atoms with Crippen LogP contribution in [0.3, 0.4) is 0 Å². The Morgan fingerprint density at radius 1 is 0.657 bits per heavy atom. The molecule has 0 aliphatic carbocycles. The van der Waals surface area contributed by atoms with E-state index in [1.807, 2.05) is 109 Å². The number of carbonyl (C=O) groups excluding carboxylic acids is 2. The van der Waals surface area contributed by atoms with E-state index in [4.69, 9.17) is 0 Å². The zero-order chi connectivity index (χ0) is 24.5. The first-order chi connectivity index (χ1) is 17.1. The Hall–Kier alpha value is -4.18. The normalized spacial score (nSPS) is 11.5. The maximum Gasteiger partial charge on any atom is 0.252 e. The number of benzene rings is 4. The number of rotatable bonds is 9. The molecule has 1 atom stereocenters. The molecule has 0 saturated carbocycles. The summed E-state index contributed by atoms with van der Waals surface area (Å²) in [5, 5.41) is 6.09. The van der Waals surface area contributed by atoms with Crippen molar-refractivity contribution in [3.63, 3.8) is 0 Å². The Labute approximate surface area is 207 Å². The van der Waals surface area contributed by atoms with Crippen LogP contribution in [0.1, 0.15) is 46.3 Å². The van der Waals surface area contributed by atoms with Crippen molar-refractivity contribution in [2.45, 2.75) is 32.4 Å². The average molecular weight is 463 g/mol. The molecule has 0 aromatic heterocycles. The molecule has 0 unspecified atom stereocenters. The first kappa shape index (κ1) is 24.0. The lowest BCUT2D eigenvalue weighted by Crippen LogP contribution is -2.25. The minimum absolute atomic E-state index is 0.00467. The first-order valence-electron chi connectivity index (χ1n) is 11.9. The van der Waals surface area contributed by atoms with E-state index < -0.39 is 0 Å². The Morgan fingerprint density at radius 3 is 2.00 bits per heavy atom. The van der Waals surface area contributed by atoms with Crippen LogP contribution >= 0.6 is 0 Å². The van der Waals surface area contributed by atoms with Crippen LogP contribution in [0.15, 0.2) is 109 Å². The van der Waals surface area contributed by atoms with Gasteiger partial charge in [-0.05, 0) is 39.8 Å². The first-order valence-corrected chi connectivity index (χ1v) is 11.9. The highest BCUT2D eigenvalue weighted by atomic mass is 16.2. The van der Waals surface area contributed by atoms with Gasteiger partial charge in [0.15, 0.2) is 0 Å². The average Bonchev–Trinajstić information content (AvgIpc) is 2.92. The van der Waals surface area contributed by atoms with Gasteiger partial charge in [-0.1, -0.05) is 110 Å². The zero-order valence-electron chi connectivity index (χ0n) is 19.9. The summed E-state index contributed by atoms with van der Waals surface area (Å²) < 4.78 is 0. The van der Waals surface area contributed by atoms with Gasteiger partial charge in [0.05, 0.1) is 0 Å². The van der Waals surface area contributed by atoms with E-state index >= 15 is 0 Å². The van der Waals surface area contributed by atoms with Crippen LogP contribution in [0.4, 0.5) is 0 Å². The highest BCUT2D eigenvalue weighted by Gasteiger charge is 2.16. The van der Waals surface area contributed by atoms with Gasteiger partial charge in [0.25, 0.3) is 5.91 Å². The molecule has 176 valence electrons. The second-order valence-electron chi connectivity index (χ2n) is 8.66. The molecule has 0 aliphatic heterocycles. The third-order valence-corrected chi connectivity index (χ3v) is 6.11. The number of amides is 2. The summed E-state index contributed by atoms with van der Waals surface area (Å²) in [4.78, 5) is 25.7. The topological polar surface area (TPSA) is 58.2 Å². The molecule has 0 saturated heterocycles. The fraction of sp³-hybridized carbons (Fsp3) is 0.161.